The highest BCUT2D eigenvalue weighted by Crippen LogP contribution is 2.41. The maximum atomic E-state index is 13.5. The Kier molecular flexibility index (Phi) is 9.93. The molecule has 2 aromatic rings. The van der Waals surface area contributed by atoms with Crippen molar-refractivity contribution >= 4 is 14.4 Å². The third kappa shape index (κ3) is 8.66. The molecule has 0 bridgehead atoms. The van der Waals surface area contributed by atoms with Gasteiger partial charge in [0.15, 0.2) is 8.32 Å². The van der Waals surface area contributed by atoms with Gasteiger partial charge in [0.1, 0.15) is 0 Å². The number of benzene rings is 2. The SMILES string of the molecule is CCOC(=O)N(Cc1ccccc1)[C@H](c1ccccc1)[C@@H](/C=C/C(C)(C)C)O[Si](C)(C)C(C)(C)C. The molecule has 0 aliphatic carbocycles. The summed E-state index contributed by atoms with van der Waals surface area (Å²) in [6.07, 6.45) is 3.70. The van der Waals surface area contributed by atoms with Crippen LogP contribution in [0.5, 0.6) is 0 Å². The first-order valence-corrected chi connectivity index (χ1v) is 15.6. The van der Waals surface area contributed by atoms with Crippen LogP contribution in [0.15, 0.2) is 72.8 Å². The minimum Gasteiger partial charge on any atom is -0.450 e. The van der Waals surface area contributed by atoms with Crippen molar-refractivity contribution in [1.29, 1.82) is 0 Å². The number of hydrogen-bond acceptors (Lipinski definition) is 3. The Morgan fingerprint density at radius 3 is 1.97 bits per heavy atom. The van der Waals surface area contributed by atoms with Gasteiger partial charge in [-0.1, -0.05) is 114 Å². The Morgan fingerprint density at radius 1 is 0.943 bits per heavy atom. The van der Waals surface area contributed by atoms with E-state index in [4.69, 9.17) is 9.16 Å². The standard InChI is InChI=1S/C30H45NO3Si/c1-10-33-28(32)31(23-24-17-13-11-14-18-24)27(25-19-15-12-16-20-25)26(21-22-29(2,3)4)34-35(8,9)30(5,6)7/h11-22,26-27H,10,23H2,1-9H3/b22-21+/t26-,27-/m1/s1. The predicted molar refractivity (Wildman–Crippen MR) is 149 cm³/mol. The van der Waals surface area contributed by atoms with Crippen LogP contribution in [0.25, 0.3) is 0 Å². The minimum absolute atomic E-state index is 0.0233. The van der Waals surface area contributed by atoms with E-state index in [0.717, 1.165) is 11.1 Å². The molecule has 0 unspecified atom stereocenters. The highest BCUT2D eigenvalue weighted by atomic mass is 28.4. The normalized spacial score (nSPS) is 14.5. The quantitative estimate of drug-likeness (QED) is 0.259. The molecule has 0 saturated heterocycles. The van der Waals surface area contributed by atoms with Gasteiger partial charge in [-0.25, -0.2) is 4.79 Å². The third-order valence-corrected chi connectivity index (χ3v) is 11.0. The summed E-state index contributed by atoms with van der Waals surface area (Å²) < 4.78 is 12.7. The van der Waals surface area contributed by atoms with Gasteiger partial charge in [-0.15, -0.1) is 0 Å². The zero-order valence-electron chi connectivity index (χ0n) is 23.2. The summed E-state index contributed by atoms with van der Waals surface area (Å²) in [7, 11) is -2.18. The molecule has 0 saturated carbocycles. The number of nitrogens with zero attached hydrogens (tertiary/aromatic N) is 1. The summed E-state index contributed by atoms with van der Waals surface area (Å²) in [6, 6.07) is 19.9. The van der Waals surface area contributed by atoms with Crippen LogP contribution < -0.4 is 0 Å². The lowest BCUT2D eigenvalue weighted by Gasteiger charge is -2.43. The van der Waals surface area contributed by atoms with Crippen LogP contribution in [0.2, 0.25) is 18.1 Å². The maximum Gasteiger partial charge on any atom is 0.410 e. The van der Waals surface area contributed by atoms with Crippen LogP contribution >= 0.6 is 0 Å². The fraction of sp³-hybridized carbons (Fsp3) is 0.500. The molecule has 4 nitrogen and oxygen atoms in total. The van der Waals surface area contributed by atoms with E-state index in [9.17, 15) is 4.79 Å². The van der Waals surface area contributed by atoms with Crippen LogP contribution in [0.3, 0.4) is 0 Å². The summed E-state index contributed by atoms with van der Waals surface area (Å²) in [5, 5.41) is 0.0241. The van der Waals surface area contributed by atoms with E-state index in [1.165, 1.54) is 0 Å². The zero-order chi connectivity index (χ0) is 26.3. The molecule has 0 aromatic heterocycles. The van der Waals surface area contributed by atoms with Crippen molar-refractivity contribution in [2.24, 2.45) is 5.41 Å². The highest BCUT2D eigenvalue weighted by Gasteiger charge is 2.42. The van der Waals surface area contributed by atoms with Gasteiger partial charge >= 0.3 is 6.09 Å². The lowest BCUT2D eigenvalue weighted by molar-refractivity contribution is 0.0511. The Bertz CT molecular complexity index is 943. The highest BCUT2D eigenvalue weighted by molar-refractivity contribution is 6.74. The lowest BCUT2D eigenvalue weighted by atomic mass is 9.93. The van der Waals surface area contributed by atoms with Gasteiger partial charge in [0, 0.05) is 6.54 Å². The fourth-order valence-corrected chi connectivity index (χ4v) is 4.81. The van der Waals surface area contributed by atoms with E-state index < -0.39 is 8.32 Å². The van der Waals surface area contributed by atoms with Crippen LogP contribution in [-0.4, -0.2) is 32.0 Å². The molecule has 0 aliphatic rings. The molecule has 192 valence electrons. The van der Waals surface area contributed by atoms with Crippen molar-refractivity contribution in [1.82, 2.24) is 4.90 Å². The predicted octanol–water partition coefficient (Wildman–Crippen LogP) is 8.38. The van der Waals surface area contributed by atoms with E-state index in [-0.39, 0.29) is 28.7 Å². The van der Waals surface area contributed by atoms with Gasteiger partial charge in [-0.05, 0) is 41.6 Å². The van der Waals surface area contributed by atoms with Crippen LogP contribution in [0, 0.1) is 5.41 Å². The van der Waals surface area contributed by atoms with Crippen molar-refractivity contribution in [3.63, 3.8) is 0 Å². The molecule has 0 N–H and O–H groups in total. The second-order valence-corrected chi connectivity index (χ2v) is 16.5. The average molecular weight is 496 g/mol. The maximum absolute atomic E-state index is 13.5. The van der Waals surface area contributed by atoms with Crippen molar-refractivity contribution in [3.8, 4) is 0 Å². The van der Waals surface area contributed by atoms with Crippen molar-refractivity contribution in [2.75, 3.05) is 6.61 Å². The summed E-state index contributed by atoms with van der Waals surface area (Å²) in [6.45, 7) is 20.4. The monoisotopic (exact) mass is 495 g/mol. The molecule has 0 spiro atoms. The second kappa shape index (κ2) is 12.0. The number of rotatable bonds is 9. The summed E-state index contributed by atoms with van der Waals surface area (Å²) in [5.74, 6) is 0. The van der Waals surface area contributed by atoms with Gasteiger partial charge in [-0.3, -0.25) is 4.90 Å². The first-order valence-electron chi connectivity index (χ1n) is 12.6. The molecule has 1 amide bonds. The van der Waals surface area contributed by atoms with Crippen LogP contribution in [-0.2, 0) is 15.7 Å². The summed E-state index contributed by atoms with van der Waals surface area (Å²) in [4.78, 5) is 15.3. The average Bonchev–Trinajstić information content (AvgIpc) is 2.77. The zero-order valence-corrected chi connectivity index (χ0v) is 24.2. The fourth-order valence-electron chi connectivity index (χ4n) is 3.57. The molecule has 0 heterocycles. The van der Waals surface area contributed by atoms with Gasteiger partial charge in [-0.2, -0.15) is 0 Å². The summed E-state index contributed by atoms with van der Waals surface area (Å²) in [5.41, 5.74) is 2.05. The smallest absolute Gasteiger partial charge is 0.410 e. The minimum atomic E-state index is -2.18. The van der Waals surface area contributed by atoms with Crippen molar-refractivity contribution in [3.05, 3.63) is 83.9 Å². The van der Waals surface area contributed by atoms with Crippen LogP contribution in [0.4, 0.5) is 4.79 Å². The summed E-state index contributed by atoms with van der Waals surface area (Å²) >= 11 is 0. The van der Waals surface area contributed by atoms with Gasteiger partial charge < -0.3 is 9.16 Å². The van der Waals surface area contributed by atoms with Gasteiger partial charge in [0.05, 0.1) is 18.8 Å². The number of ether oxygens (including phenoxy) is 1. The van der Waals surface area contributed by atoms with E-state index in [1.54, 1.807) is 0 Å². The number of carbonyl (C=O) groups is 1. The number of amides is 1. The molecular weight excluding hydrogens is 450 g/mol. The van der Waals surface area contributed by atoms with E-state index in [0.29, 0.717) is 13.2 Å². The largest absolute Gasteiger partial charge is 0.450 e. The molecule has 0 aliphatic heterocycles. The molecule has 35 heavy (non-hydrogen) atoms. The van der Waals surface area contributed by atoms with Gasteiger partial charge in [0.25, 0.3) is 0 Å². The molecule has 0 fully saturated rings. The Hall–Kier alpha value is -2.37. The van der Waals surface area contributed by atoms with Crippen LogP contribution in [0.1, 0.15) is 65.6 Å². The van der Waals surface area contributed by atoms with E-state index in [2.05, 4.69) is 78.9 Å². The lowest BCUT2D eigenvalue weighted by Crippen LogP contribution is -2.49. The molecule has 0 radical (unpaired) electrons. The van der Waals surface area contributed by atoms with Crippen molar-refractivity contribution < 1.29 is 14.0 Å². The van der Waals surface area contributed by atoms with E-state index >= 15 is 0 Å². The van der Waals surface area contributed by atoms with E-state index in [1.807, 2.05) is 60.4 Å². The first-order chi connectivity index (χ1) is 16.2. The molecule has 5 heteroatoms. The Balaban J connectivity index is 2.69. The number of carbonyl (C=O) groups excluding carboxylic acids is 1. The first kappa shape index (κ1) is 28.9. The Labute approximate surface area is 214 Å². The second-order valence-electron chi connectivity index (χ2n) is 11.7. The molecule has 2 aromatic carbocycles. The Morgan fingerprint density at radius 2 is 1.49 bits per heavy atom. The topological polar surface area (TPSA) is 38.8 Å². The number of hydrogen-bond donors (Lipinski definition) is 0. The molecular formula is C30H45NO3Si. The third-order valence-electron chi connectivity index (χ3n) is 6.51. The van der Waals surface area contributed by atoms with Crippen molar-refractivity contribution in [2.45, 2.75) is 85.3 Å². The molecule has 2 rings (SSSR count). The molecule has 2 atom stereocenters. The van der Waals surface area contributed by atoms with Gasteiger partial charge in [0.2, 0.25) is 0 Å². The number of allylic oxidation sites excluding steroid dienone is 1.